The van der Waals surface area contributed by atoms with Crippen LogP contribution in [-0.2, 0) is 9.59 Å². The van der Waals surface area contributed by atoms with Gasteiger partial charge in [0, 0.05) is 18.7 Å². The van der Waals surface area contributed by atoms with Gasteiger partial charge in [-0.15, -0.1) is 6.58 Å². The van der Waals surface area contributed by atoms with Crippen molar-refractivity contribution >= 4 is 11.8 Å². The number of hydrogen-bond acceptors (Lipinski definition) is 3. The summed E-state index contributed by atoms with van der Waals surface area (Å²) in [6, 6.07) is 6.22. The number of carbonyl (C=O) groups is 2. The van der Waals surface area contributed by atoms with Gasteiger partial charge in [0.2, 0.25) is 0 Å². The molecule has 1 fully saturated rings. The van der Waals surface area contributed by atoms with Gasteiger partial charge in [-0.1, -0.05) is 24.3 Å². The lowest BCUT2D eigenvalue weighted by Crippen LogP contribution is -2.52. The van der Waals surface area contributed by atoms with Crippen LogP contribution in [0.5, 0.6) is 5.75 Å². The van der Waals surface area contributed by atoms with Gasteiger partial charge in [-0.3, -0.25) is 9.59 Å². The fourth-order valence-corrected chi connectivity index (χ4v) is 2.02. The molecule has 0 bridgehead atoms. The maximum absolute atomic E-state index is 11.8. The number of carbonyl (C=O) groups excluding carboxylic acids is 2. The molecule has 1 heterocycles. The molecule has 1 aromatic rings. The summed E-state index contributed by atoms with van der Waals surface area (Å²) in [7, 11) is 0. The first kappa shape index (κ1) is 12.2. The number of phenolic OH excluding ortho intramolecular Hbond substituents is 1. The SMILES string of the molecule is C=CC(c1ccccc1O)N1CCNC(=O)C1=O. The number of phenols is 1. The van der Waals surface area contributed by atoms with Crippen LogP contribution >= 0.6 is 0 Å². The molecule has 1 aliphatic heterocycles. The van der Waals surface area contributed by atoms with Crippen molar-refractivity contribution < 1.29 is 14.7 Å². The number of hydrogen-bond donors (Lipinski definition) is 2. The van der Waals surface area contributed by atoms with Gasteiger partial charge in [-0.25, -0.2) is 0 Å². The highest BCUT2D eigenvalue weighted by atomic mass is 16.3. The Morgan fingerprint density at radius 2 is 2.11 bits per heavy atom. The first-order valence-corrected chi connectivity index (χ1v) is 5.64. The summed E-state index contributed by atoms with van der Waals surface area (Å²) in [5.41, 5.74) is 0.565. The van der Waals surface area contributed by atoms with Crippen LogP contribution in [0.4, 0.5) is 0 Å². The molecule has 1 unspecified atom stereocenters. The van der Waals surface area contributed by atoms with E-state index in [1.54, 1.807) is 30.3 Å². The van der Waals surface area contributed by atoms with Crippen molar-refractivity contribution in [2.45, 2.75) is 6.04 Å². The van der Waals surface area contributed by atoms with Crippen LogP contribution in [0.15, 0.2) is 36.9 Å². The second-order valence-corrected chi connectivity index (χ2v) is 3.99. The fraction of sp³-hybridized carbons (Fsp3) is 0.231. The molecule has 0 radical (unpaired) electrons. The highest BCUT2D eigenvalue weighted by Crippen LogP contribution is 2.29. The zero-order valence-electron chi connectivity index (χ0n) is 9.80. The second kappa shape index (κ2) is 4.91. The second-order valence-electron chi connectivity index (χ2n) is 3.99. The van der Waals surface area contributed by atoms with Crippen molar-refractivity contribution in [2.75, 3.05) is 13.1 Å². The van der Waals surface area contributed by atoms with Gasteiger partial charge in [0.15, 0.2) is 0 Å². The van der Waals surface area contributed by atoms with Crippen molar-refractivity contribution in [2.24, 2.45) is 0 Å². The highest BCUT2D eigenvalue weighted by molar-refractivity contribution is 6.35. The molecule has 0 aromatic heterocycles. The molecule has 5 heteroatoms. The van der Waals surface area contributed by atoms with Crippen LogP contribution in [0, 0.1) is 0 Å². The minimum atomic E-state index is -0.622. The van der Waals surface area contributed by atoms with E-state index in [0.717, 1.165) is 0 Å². The lowest BCUT2D eigenvalue weighted by molar-refractivity contribution is -0.149. The largest absolute Gasteiger partial charge is 0.508 e. The predicted octanol–water partition coefficient (Wildman–Crippen LogP) is 0.578. The van der Waals surface area contributed by atoms with Gasteiger partial charge in [0.1, 0.15) is 5.75 Å². The standard InChI is InChI=1S/C13H14N2O3/c1-2-10(9-5-3-4-6-11(9)16)15-8-7-14-12(17)13(15)18/h2-6,10,16H,1,7-8H2,(H,14,17). The van der Waals surface area contributed by atoms with Crippen molar-refractivity contribution in [1.82, 2.24) is 10.2 Å². The Morgan fingerprint density at radius 1 is 1.39 bits per heavy atom. The van der Waals surface area contributed by atoms with Gasteiger partial charge >= 0.3 is 11.8 Å². The van der Waals surface area contributed by atoms with Crippen LogP contribution in [0.25, 0.3) is 0 Å². The topological polar surface area (TPSA) is 69.6 Å². The van der Waals surface area contributed by atoms with Gasteiger partial charge in [-0.05, 0) is 6.07 Å². The molecule has 5 nitrogen and oxygen atoms in total. The summed E-state index contributed by atoms with van der Waals surface area (Å²) < 4.78 is 0. The zero-order valence-corrected chi connectivity index (χ0v) is 9.80. The zero-order chi connectivity index (χ0) is 13.1. The number of para-hydroxylation sites is 1. The number of aromatic hydroxyl groups is 1. The summed E-state index contributed by atoms with van der Waals surface area (Å²) in [4.78, 5) is 24.5. The van der Waals surface area contributed by atoms with E-state index >= 15 is 0 Å². The molecule has 0 aliphatic carbocycles. The van der Waals surface area contributed by atoms with Crippen LogP contribution in [-0.4, -0.2) is 34.9 Å². The van der Waals surface area contributed by atoms with Crippen LogP contribution < -0.4 is 5.32 Å². The summed E-state index contributed by atoms with van der Waals surface area (Å²) in [6.45, 7) is 4.48. The molecule has 1 saturated heterocycles. The molecule has 18 heavy (non-hydrogen) atoms. The van der Waals surface area contributed by atoms with Crippen molar-refractivity contribution in [3.63, 3.8) is 0 Å². The van der Waals surface area contributed by atoms with E-state index in [-0.39, 0.29) is 5.75 Å². The van der Waals surface area contributed by atoms with Gasteiger partial charge in [0.25, 0.3) is 0 Å². The minimum absolute atomic E-state index is 0.0844. The molecule has 1 atom stereocenters. The van der Waals surface area contributed by atoms with E-state index in [2.05, 4.69) is 11.9 Å². The van der Waals surface area contributed by atoms with E-state index < -0.39 is 17.9 Å². The Morgan fingerprint density at radius 3 is 2.78 bits per heavy atom. The summed E-state index contributed by atoms with van der Waals surface area (Å²) in [5, 5.41) is 12.3. The molecule has 1 aliphatic rings. The van der Waals surface area contributed by atoms with E-state index in [1.165, 1.54) is 4.90 Å². The molecule has 2 amide bonds. The third kappa shape index (κ3) is 2.07. The Hall–Kier alpha value is -2.30. The van der Waals surface area contributed by atoms with Crippen LogP contribution in [0.3, 0.4) is 0 Å². The maximum Gasteiger partial charge on any atom is 0.312 e. The summed E-state index contributed by atoms with van der Waals surface area (Å²) in [5.74, 6) is -1.14. The van der Waals surface area contributed by atoms with Gasteiger partial charge < -0.3 is 15.3 Å². The molecule has 2 rings (SSSR count). The predicted molar refractivity (Wildman–Crippen MR) is 65.8 cm³/mol. The van der Waals surface area contributed by atoms with E-state index in [9.17, 15) is 14.7 Å². The normalized spacial score (nSPS) is 17.2. The lowest BCUT2D eigenvalue weighted by Gasteiger charge is -2.32. The van der Waals surface area contributed by atoms with E-state index in [4.69, 9.17) is 0 Å². The third-order valence-electron chi connectivity index (χ3n) is 2.91. The van der Waals surface area contributed by atoms with Gasteiger partial charge in [-0.2, -0.15) is 0 Å². The highest BCUT2D eigenvalue weighted by Gasteiger charge is 2.31. The number of rotatable bonds is 3. The number of piperazine rings is 1. The molecule has 1 aromatic carbocycles. The average molecular weight is 246 g/mol. The Kier molecular flexibility index (Phi) is 3.32. The van der Waals surface area contributed by atoms with Crippen LogP contribution in [0.1, 0.15) is 11.6 Å². The molecular weight excluding hydrogens is 232 g/mol. The average Bonchev–Trinajstić information content (AvgIpc) is 2.37. The Labute approximate surface area is 105 Å². The van der Waals surface area contributed by atoms with Gasteiger partial charge in [0.05, 0.1) is 6.04 Å². The maximum atomic E-state index is 11.8. The number of nitrogens with one attached hydrogen (secondary N) is 1. The number of benzene rings is 1. The summed E-state index contributed by atoms with van der Waals surface area (Å²) in [6.07, 6.45) is 1.55. The Balaban J connectivity index is 2.34. The number of amides is 2. The molecule has 94 valence electrons. The molecule has 0 spiro atoms. The monoisotopic (exact) mass is 246 g/mol. The molecule has 2 N–H and O–H groups in total. The fourth-order valence-electron chi connectivity index (χ4n) is 2.02. The quantitative estimate of drug-likeness (QED) is 0.605. The lowest BCUT2D eigenvalue weighted by atomic mass is 10.0. The minimum Gasteiger partial charge on any atom is -0.508 e. The van der Waals surface area contributed by atoms with E-state index in [0.29, 0.717) is 18.7 Å². The van der Waals surface area contributed by atoms with Crippen molar-refractivity contribution in [3.05, 3.63) is 42.5 Å². The number of nitrogens with zero attached hydrogens (tertiary/aromatic N) is 1. The smallest absolute Gasteiger partial charge is 0.312 e. The van der Waals surface area contributed by atoms with Crippen molar-refractivity contribution in [3.8, 4) is 5.75 Å². The molecule has 0 saturated carbocycles. The first-order valence-electron chi connectivity index (χ1n) is 5.64. The van der Waals surface area contributed by atoms with Crippen molar-refractivity contribution in [1.29, 1.82) is 0 Å². The third-order valence-corrected chi connectivity index (χ3v) is 2.91. The summed E-state index contributed by atoms with van der Waals surface area (Å²) >= 11 is 0. The Bertz CT molecular complexity index is 499. The van der Waals surface area contributed by atoms with Crippen LogP contribution in [0.2, 0.25) is 0 Å². The molecular formula is C13H14N2O3. The van der Waals surface area contributed by atoms with E-state index in [1.807, 2.05) is 0 Å². The first-order chi connectivity index (χ1) is 8.65.